The van der Waals surface area contributed by atoms with Gasteiger partial charge in [0.1, 0.15) is 6.54 Å². The van der Waals surface area contributed by atoms with Gasteiger partial charge in [0.2, 0.25) is 0 Å². The highest BCUT2D eigenvalue weighted by molar-refractivity contribution is 6.33. The molecule has 0 saturated heterocycles. The van der Waals surface area contributed by atoms with Gasteiger partial charge in [-0.2, -0.15) is 0 Å². The summed E-state index contributed by atoms with van der Waals surface area (Å²) in [6.07, 6.45) is 0. The maximum absolute atomic E-state index is 13.2. The van der Waals surface area contributed by atoms with Crippen LogP contribution in [0.5, 0.6) is 0 Å². The van der Waals surface area contributed by atoms with Gasteiger partial charge in [-0.05, 0) is 26.0 Å². The number of hydrogen-bond acceptors (Lipinski definition) is 3. The fourth-order valence-corrected chi connectivity index (χ4v) is 1.76. The molecule has 20 heavy (non-hydrogen) atoms. The summed E-state index contributed by atoms with van der Waals surface area (Å²) in [7, 11) is 1.19. The fourth-order valence-electron chi connectivity index (χ4n) is 1.53. The number of nitrogens with zero attached hydrogens (tertiary/aromatic N) is 1. The first kappa shape index (κ1) is 16.4. The highest BCUT2D eigenvalue weighted by Gasteiger charge is 2.25. The van der Waals surface area contributed by atoms with Gasteiger partial charge in [0.25, 0.3) is 5.91 Å². The molecular weight excluding hydrogens is 292 g/mol. The molecule has 4 nitrogen and oxygen atoms in total. The number of amides is 1. The summed E-state index contributed by atoms with van der Waals surface area (Å²) >= 11 is 5.75. The molecule has 0 spiro atoms. The average Bonchev–Trinajstić information content (AvgIpc) is 2.38. The molecule has 0 atom stereocenters. The zero-order valence-corrected chi connectivity index (χ0v) is 12.0. The lowest BCUT2D eigenvalue weighted by Gasteiger charge is -2.26. The molecule has 0 aliphatic carbocycles. The van der Waals surface area contributed by atoms with Crippen molar-refractivity contribution in [2.75, 3.05) is 13.7 Å². The largest absolute Gasteiger partial charge is 0.468 e. The number of hydrogen-bond donors (Lipinski definition) is 0. The van der Waals surface area contributed by atoms with Crippen LogP contribution < -0.4 is 0 Å². The molecule has 0 fully saturated rings. The van der Waals surface area contributed by atoms with E-state index in [0.29, 0.717) is 6.07 Å². The van der Waals surface area contributed by atoms with Crippen molar-refractivity contribution in [3.05, 3.63) is 34.4 Å². The fraction of sp³-hybridized carbons (Fsp3) is 0.385. The number of halogens is 3. The standard InChI is InChI=1S/C13H14ClF2NO3/c1-7(2)17(6-12(18)20-3)13(19)8-4-10(15)11(16)5-9(8)14/h4-5,7H,6H2,1-3H3. The smallest absolute Gasteiger partial charge is 0.325 e. The van der Waals surface area contributed by atoms with E-state index in [4.69, 9.17) is 11.6 Å². The Morgan fingerprint density at radius 1 is 1.30 bits per heavy atom. The van der Waals surface area contributed by atoms with E-state index in [-0.39, 0.29) is 23.2 Å². The molecule has 0 heterocycles. The summed E-state index contributed by atoms with van der Waals surface area (Å²) in [6, 6.07) is 1.10. The third kappa shape index (κ3) is 3.66. The monoisotopic (exact) mass is 305 g/mol. The summed E-state index contributed by atoms with van der Waals surface area (Å²) in [5.41, 5.74) is -0.205. The van der Waals surface area contributed by atoms with Crippen molar-refractivity contribution < 1.29 is 23.1 Å². The van der Waals surface area contributed by atoms with Crippen LogP contribution >= 0.6 is 11.6 Å². The van der Waals surface area contributed by atoms with Gasteiger partial charge in [-0.1, -0.05) is 11.6 Å². The first-order valence-electron chi connectivity index (χ1n) is 5.80. The summed E-state index contributed by atoms with van der Waals surface area (Å²) in [5.74, 6) is -3.62. The molecule has 0 saturated carbocycles. The molecule has 1 rings (SSSR count). The Labute approximate surface area is 120 Å². The summed E-state index contributed by atoms with van der Waals surface area (Å²) < 4.78 is 30.7. The first-order valence-corrected chi connectivity index (χ1v) is 6.18. The van der Waals surface area contributed by atoms with Gasteiger partial charge < -0.3 is 9.64 Å². The number of esters is 1. The Morgan fingerprint density at radius 3 is 2.35 bits per heavy atom. The molecule has 1 aromatic rings. The number of carbonyl (C=O) groups excluding carboxylic acids is 2. The summed E-state index contributed by atoms with van der Waals surface area (Å²) in [5, 5.41) is -0.218. The van der Waals surface area contributed by atoms with E-state index in [1.54, 1.807) is 13.8 Å². The van der Waals surface area contributed by atoms with Crippen molar-refractivity contribution in [2.24, 2.45) is 0 Å². The lowest BCUT2D eigenvalue weighted by Crippen LogP contribution is -2.41. The van der Waals surface area contributed by atoms with E-state index >= 15 is 0 Å². The Bertz CT molecular complexity index is 535. The van der Waals surface area contributed by atoms with Crippen molar-refractivity contribution in [3.63, 3.8) is 0 Å². The lowest BCUT2D eigenvalue weighted by molar-refractivity contribution is -0.141. The average molecular weight is 306 g/mol. The number of carbonyl (C=O) groups is 2. The SMILES string of the molecule is COC(=O)CN(C(=O)c1cc(F)c(F)cc1Cl)C(C)C. The lowest BCUT2D eigenvalue weighted by atomic mass is 10.1. The molecule has 1 amide bonds. The third-order valence-corrected chi connectivity index (χ3v) is 2.96. The van der Waals surface area contributed by atoms with Crippen LogP contribution in [0.1, 0.15) is 24.2 Å². The molecule has 7 heteroatoms. The highest BCUT2D eigenvalue weighted by Crippen LogP contribution is 2.22. The van der Waals surface area contributed by atoms with E-state index in [0.717, 1.165) is 11.0 Å². The van der Waals surface area contributed by atoms with E-state index in [2.05, 4.69) is 4.74 Å². The van der Waals surface area contributed by atoms with Crippen LogP contribution in [0.4, 0.5) is 8.78 Å². The van der Waals surface area contributed by atoms with E-state index in [1.165, 1.54) is 7.11 Å². The molecule has 0 radical (unpaired) electrons. The van der Waals surface area contributed by atoms with Gasteiger partial charge in [0.15, 0.2) is 11.6 Å². The van der Waals surface area contributed by atoms with Crippen LogP contribution in [0.2, 0.25) is 5.02 Å². The Hall–Kier alpha value is -1.69. The highest BCUT2D eigenvalue weighted by atomic mass is 35.5. The maximum Gasteiger partial charge on any atom is 0.325 e. The predicted molar refractivity (Wildman–Crippen MR) is 69.6 cm³/mol. The minimum atomic E-state index is -1.18. The Kier molecular flexibility index (Phi) is 5.44. The molecule has 110 valence electrons. The van der Waals surface area contributed by atoms with E-state index < -0.39 is 23.5 Å². The minimum Gasteiger partial charge on any atom is -0.468 e. The first-order chi connectivity index (χ1) is 9.27. The van der Waals surface area contributed by atoms with Crippen molar-refractivity contribution in [1.29, 1.82) is 0 Å². The second-order valence-electron chi connectivity index (χ2n) is 4.35. The normalized spacial score (nSPS) is 10.6. The molecule has 0 unspecified atom stereocenters. The predicted octanol–water partition coefficient (Wildman–Crippen LogP) is 2.64. The van der Waals surface area contributed by atoms with E-state index in [9.17, 15) is 18.4 Å². The maximum atomic E-state index is 13.2. The number of benzene rings is 1. The zero-order valence-electron chi connectivity index (χ0n) is 11.2. The second kappa shape index (κ2) is 6.65. The van der Waals surface area contributed by atoms with Gasteiger partial charge in [0, 0.05) is 6.04 Å². The van der Waals surface area contributed by atoms with Crippen molar-refractivity contribution >= 4 is 23.5 Å². The van der Waals surface area contributed by atoms with Crippen molar-refractivity contribution in [3.8, 4) is 0 Å². The Morgan fingerprint density at radius 2 is 1.85 bits per heavy atom. The molecule has 0 aromatic heterocycles. The van der Waals surface area contributed by atoms with Gasteiger partial charge >= 0.3 is 5.97 Å². The molecule has 0 bridgehead atoms. The number of ether oxygens (including phenoxy) is 1. The molecule has 0 aliphatic heterocycles. The van der Waals surface area contributed by atoms with Gasteiger partial charge in [-0.15, -0.1) is 0 Å². The molecule has 1 aromatic carbocycles. The van der Waals surface area contributed by atoms with Crippen molar-refractivity contribution in [2.45, 2.75) is 19.9 Å². The Balaban J connectivity index is 3.13. The molecule has 0 N–H and O–H groups in total. The van der Waals surface area contributed by atoms with Crippen LogP contribution in [-0.4, -0.2) is 36.5 Å². The summed E-state index contributed by atoms with van der Waals surface area (Å²) in [6.45, 7) is 3.05. The topological polar surface area (TPSA) is 46.6 Å². The number of rotatable bonds is 4. The minimum absolute atomic E-state index is 0.205. The molecule has 0 aliphatic rings. The summed E-state index contributed by atoms with van der Waals surface area (Å²) in [4.78, 5) is 24.7. The zero-order chi connectivity index (χ0) is 15.4. The van der Waals surface area contributed by atoms with Gasteiger partial charge in [-0.3, -0.25) is 9.59 Å². The second-order valence-corrected chi connectivity index (χ2v) is 4.76. The van der Waals surface area contributed by atoms with E-state index in [1.807, 2.05) is 0 Å². The van der Waals surface area contributed by atoms with Crippen molar-refractivity contribution in [1.82, 2.24) is 4.90 Å². The number of methoxy groups -OCH3 is 1. The third-order valence-electron chi connectivity index (χ3n) is 2.65. The van der Waals surface area contributed by atoms with Gasteiger partial charge in [0.05, 0.1) is 17.7 Å². The van der Waals surface area contributed by atoms with Crippen LogP contribution in [-0.2, 0) is 9.53 Å². The van der Waals surface area contributed by atoms with Crippen LogP contribution in [0.25, 0.3) is 0 Å². The van der Waals surface area contributed by atoms with Gasteiger partial charge in [-0.25, -0.2) is 8.78 Å². The van der Waals surface area contributed by atoms with Crippen LogP contribution in [0.15, 0.2) is 12.1 Å². The van der Waals surface area contributed by atoms with Crippen LogP contribution in [0, 0.1) is 11.6 Å². The molecular formula is C13H14ClF2NO3. The van der Waals surface area contributed by atoms with Crippen LogP contribution in [0.3, 0.4) is 0 Å². The quantitative estimate of drug-likeness (QED) is 0.634.